The molecule has 9 heteroatoms. The zero-order valence-electron chi connectivity index (χ0n) is 21.3. The predicted octanol–water partition coefficient (Wildman–Crippen LogP) is 4.53. The molecule has 194 valence electrons. The number of allylic oxidation sites excluding steroid dienone is 4. The smallest absolute Gasteiger partial charge is 0.236 e. The van der Waals surface area contributed by atoms with E-state index in [4.69, 9.17) is 0 Å². The Morgan fingerprint density at radius 2 is 1.81 bits per heavy atom. The Hall–Kier alpha value is -2.78. The summed E-state index contributed by atoms with van der Waals surface area (Å²) >= 11 is 0. The standard InChI is InChI=1S/C27H35FN4O3S/c1-17-15-24(13-14-25(17)26-16-29-19(3)32(26)4)36(34,35)31-23-11-7-21(8-12-23)27(33)30-18(2)20-5-9-22(28)10-6-20/h5-6,9-10,13-14,16-18,21,23,31H,7-8,11-12,15H2,1-4H3,(H,30,33). The molecule has 2 aliphatic rings. The molecule has 7 nitrogen and oxygen atoms in total. The molecule has 1 heterocycles. The third-order valence-electron chi connectivity index (χ3n) is 7.50. The van der Waals surface area contributed by atoms with Gasteiger partial charge in [0.1, 0.15) is 11.6 Å². The lowest BCUT2D eigenvalue weighted by atomic mass is 9.85. The number of hydrogen-bond donors (Lipinski definition) is 2. The van der Waals surface area contributed by atoms with Gasteiger partial charge in [-0.05, 0) is 81.2 Å². The quantitative estimate of drug-likeness (QED) is 0.568. The Bertz CT molecular complexity index is 1270. The molecule has 1 fully saturated rings. The third-order valence-corrected chi connectivity index (χ3v) is 9.13. The lowest BCUT2D eigenvalue weighted by Gasteiger charge is -2.30. The summed E-state index contributed by atoms with van der Waals surface area (Å²) in [5.41, 5.74) is 2.93. The molecule has 2 aromatic rings. The second kappa shape index (κ2) is 10.7. The maximum Gasteiger partial charge on any atom is 0.236 e. The summed E-state index contributed by atoms with van der Waals surface area (Å²) in [4.78, 5) is 17.5. The fourth-order valence-electron chi connectivity index (χ4n) is 5.07. The number of aryl methyl sites for hydroxylation is 1. The van der Waals surface area contributed by atoms with Crippen molar-refractivity contribution in [1.29, 1.82) is 0 Å². The summed E-state index contributed by atoms with van der Waals surface area (Å²) in [6.07, 6.45) is 8.32. The Morgan fingerprint density at radius 1 is 1.14 bits per heavy atom. The number of rotatable bonds is 7. The Labute approximate surface area is 212 Å². The Kier molecular flexibility index (Phi) is 7.80. The molecule has 4 rings (SSSR count). The van der Waals surface area contributed by atoms with Crippen molar-refractivity contribution in [3.63, 3.8) is 0 Å². The second-order valence-electron chi connectivity index (χ2n) is 10.1. The van der Waals surface area contributed by atoms with Gasteiger partial charge in [0.25, 0.3) is 0 Å². The summed E-state index contributed by atoms with van der Waals surface area (Å²) in [7, 11) is -1.65. The molecule has 1 amide bonds. The van der Waals surface area contributed by atoms with Gasteiger partial charge in [0.05, 0.1) is 22.8 Å². The summed E-state index contributed by atoms with van der Waals surface area (Å²) in [6.45, 7) is 5.85. The van der Waals surface area contributed by atoms with Crippen LogP contribution in [0.5, 0.6) is 0 Å². The minimum Gasteiger partial charge on any atom is -0.349 e. The minimum atomic E-state index is -3.61. The lowest BCUT2D eigenvalue weighted by molar-refractivity contribution is -0.126. The molecular weight excluding hydrogens is 479 g/mol. The molecule has 0 saturated heterocycles. The molecule has 1 aromatic heterocycles. The minimum absolute atomic E-state index is 0.0417. The number of imidazole rings is 1. The zero-order valence-corrected chi connectivity index (χ0v) is 22.1. The van der Waals surface area contributed by atoms with Crippen LogP contribution in [0.3, 0.4) is 0 Å². The van der Waals surface area contributed by atoms with Crippen LogP contribution >= 0.6 is 0 Å². The van der Waals surface area contributed by atoms with Gasteiger partial charge in [0, 0.05) is 19.0 Å². The molecule has 2 aliphatic carbocycles. The number of benzene rings is 1. The van der Waals surface area contributed by atoms with Crippen LogP contribution in [-0.4, -0.2) is 29.9 Å². The van der Waals surface area contributed by atoms with Crippen LogP contribution < -0.4 is 10.0 Å². The van der Waals surface area contributed by atoms with Gasteiger partial charge in [0.15, 0.2) is 0 Å². The first kappa shape index (κ1) is 26.3. The van der Waals surface area contributed by atoms with Crippen molar-refractivity contribution in [2.45, 2.75) is 65.0 Å². The van der Waals surface area contributed by atoms with Gasteiger partial charge >= 0.3 is 0 Å². The van der Waals surface area contributed by atoms with Crippen molar-refractivity contribution in [1.82, 2.24) is 19.6 Å². The highest BCUT2D eigenvalue weighted by Crippen LogP contribution is 2.35. The first-order chi connectivity index (χ1) is 17.0. The van der Waals surface area contributed by atoms with Gasteiger partial charge in [0.2, 0.25) is 15.9 Å². The number of sulfonamides is 1. The van der Waals surface area contributed by atoms with Crippen molar-refractivity contribution in [3.05, 3.63) is 70.4 Å². The largest absolute Gasteiger partial charge is 0.349 e. The van der Waals surface area contributed by atoms with E-state index in [2.05, 4.69) is 15.0 Å². The fraction of sp³-hybridized carbons (Fsp3) is 0.481. The van der Waals surface area contributed by atoms with Crippen LogP contribution in [0.15, 0.2) is 47.5 Å². The van der Waals surface area contributed by atoms with E-state index in [0.717, 1.165) is 22.7 Å². The van der Waals surface area contributed by atoms with Crippen molar-refractivity contribution in [3.8, 4) is 0 Å². The summed E-state index contributed by atoms with van der Waals surface area (Å²) < 4.78 is 44.3. The zero-order chi connectivity index (χ0) is 26.0. The first-order valence-electron chi connectivity index (χ1n) is 12.5. The molecular formula is C27H35FN4O3S. The second-order valence-corrected chi connectivity index (χ2v) is 11.8. The number of carbonyl (C=O) groups is 1. The van der Waals surface area contributed by atoms with E-state index in [0.29, 0.717) is 37.0 Å². The first-order valence-corrected chi connectivity index (χ1v) is 14.0. The highest BCUT2D eigenvalue weighted by Gasteiger charge is 2.32. The van der Waals surface area contributed by atoms with E-state index >= 15 is 0 Å². The van der Waals surface area contributed by atoms with Gasteiger partial charge in [-0.25, -0.2) is 22.5 Å². The van der Waals surface area contributed by atoms with Crippen LogP contribution in [0.25, 0.3) is 5.57 Å². The van der Waals surface area contributed by atoms with E-state index in [9.17, 15) is 17.6 Å². The van der Waals surface area contributed by atoms with Crippen molar-refractivity contribution >= 4 is 21.5 Å². The van der Waals surface area contributed by atoms with Crippen molar-refractivity contribution in [2.24, 2.45) is 18.9 Å². The number of halogens is 1. The molecule has 2 atom stereocenters. The van der Waals surface area contributed by atoms with E-state index in [1.54, 1.807) is 18.2 Å². The molecule has 1 aromatic carbocycles. The molecule has 0 bridgehead atoms. The molecule has 2 N–H and O–H groups in total. The number of carbonyl (C=O) groups excluding carboxylic acids is 1. The van der Waals surface area contributed by atoms with E-state index in [-0.39, 0.29) is 35.6 Å². The lowest BCUT2D eigenvalue weighted by Crippen LogP contribution is -2.41. The summed E-state index contributed by atoms with van der Waals surface area (Å²) in [5.74, 6) is 0.460. The normalized spacial score (nSPS) is 23.5. The maximum absolute atomic E-state index is 13.2. The molecule has 2 unspecified atom stereocenters. The van der Waals surface area contributed by atoms with Crippen LogP contribution in [-0.2, 0) is 21.9 Å². The molecule has 0 aliphatic heterocycles. The number of amides is 1. The van der Waals surface area contributed by atoms with Crippen LogP contribution in [0.4, 0.5) is 4.39 Å². The molecule has 0 radical (unpaired) electrons. The van der Waals surface area contributed by atoms with Gasteiger partial charge in [-0.2, -0.15) is 0 Å². The van der Waals surface area contributed by atoms with Gasteiger partial charge in [-0.3, -0.25) is 4.79 Å². The number of hydrogen-bond acceptors (Lipinski definition) is 4. The topological polar surface area (TPSA) is 93.1 Å². The number of nitrogens with zero attached hydrogens (tertiary/aromatic N) is 2. The van der Waals surface area contributed by atoms with Crippen molar-refractivity contribution in [2.75, 3.05) is 0 Å². The van der Waals surface area contributed by atoms with Gasteiger partial charge in [-0.15, -0.1) is 0 Å². The van der Waals surface area contributed by atoms with E-state index < -0.39 is 10.0 Å². The monoisotopic (exact) mass is 514 g/mol. The molecule has 36 heavy (non-hydrogen) atoms. The summed E-state index contributed by atoms with van der Waals surface area (Å²) in [6, 6.07) is 5.70. The van der Waals surface area contributed by atoms with Crippen LogP contribution in [0.1, 0.15) is 69.1 Å². The highest BCUT2D eigenvalue weighted by atomic mass is 32.2. The van der Waals surface area contributed by atoms with E-state index in [1.807, 2.05) is 44.7 Å². The number of aromatic nitrogens is 2. The third kappa shape index (κ3) is 5.78. The number of nitrogens with one attached hydrogen (secondary N) is 2. The maximum atomic E-state index is 13.2. The SMILES string of the molecule is Cc1ncc(C2=CC=C(S(=O)(=O)NC3CCC(C(=O)NC(C)c4ccc(F)cc4)CC3)CC2C)n1C. The van der Waals surface area contributed by atoms with Crippen LogP contribution in [0, 0.1) is 24.6 Å². The molecule has 1 saturated carbocycles. The average Bonchev–Trinajstić information content (AvgIpc) is 3.17. The van der Waals surface area contributed by atoms with Gasteiger partial charge < -0.3 is 9.88 Å². The Balaban J connectivity index is 1.32. The van der Waals surface area contributed by atoms with E-state index in [1.165, 1.54) is 12.1 Å². The van der Waals surface area contributed by atoms with Crippen LogP contribution in [0.2, 0.25) is 0 Å². The predicted molar refractivity (Wildman–Crippen MR) is 139 cm³/mol. The fourth-order valence-corrected chi connectivity index (χ4v) is 6.61. The summed E-state index contributed by atoms with van der Waals surface area (Å²) in [5, 5.41) is 3.01. The average molecular weight is 515 g/mol. The Morgan fingerprint density at radius 3 is 2.39 bits per heavy atom. The van der Waals surface area contributed by atoms with Gasteiger partial charge in [-0.1, -0.05) is 25.1 Å². The van der Waals surface area contributed by atoms with Crippen molar-refractivity contribution < 1.29 is 17.6 Å². The molecule has 0 spiro atoms. The highest BCUT2D eigenvalue weighted by molar-refractivity contribution is 7.93.